The average Bonchev–Trinajstić information content (AvgIpc) is 2.67. The van der Waals surface area contributed by atoms with Crippen molar-refractivity contribution in [1.29, 1.82) is 0 Å². The highest BCUT2D eigenvalue weighted by atomic mass is 16.5. The highest BCUT2D eigenvalue weighted by Crippen LogP contribution is 2.39. The molecule has 0 radical (unpaired) electrons. The first-order valence-electron chi connectivity index (χ1n) is 5.73. The Kier molecular flexibility index (Phi) is 3.06. The van der Waals surface area contributed by atoms with Crippen LogP contribution in [0, 0.1) is 0 Å². The number of ether oxygens (including phenoxy) is 1. The van der Waals surface area contributed by atoms with Crippen LogP contribution in [0.3, 0.4) is 0 Å². The summed E-state index contributed by atoms with van der Waals surface area (Å²) in [6.07, 6.45) is 3.80. The Labute approximate surface area is 101 Å². The van der Waals surface area contributed by atoms with Crippen LogP contribution in [0.2, 0.25) is 0 Å². The van der Waals surface area contributed by atoms with E-state index in [1.54, 1.807) is 7.11 Å². The minimum absolute atomic E-state index is 0.0908. The lowest BCUT2D eigenvalue weighted by molar-refractivity contribution is 0.407. The summed E-state index contributed by atoms with van der Waals surface area (Å²) < 4.78 is 5.36. The van der Waals surface area contributed by atoms with E-state index in [1.807, 2.05) is 0 Å². The summed E-state index contributed by atoms with van der Waals surface area (Å²) in [5, 5.41) is 0. The number of nitrogens with one attached hydrogen (secondary N) is 1. The molecule has 2 rings (SSSR count). The first-order chi connectivity index (χ1) is 8.10. The topological polar surface area (TPSA) is 76.3 Å². The summed E-state index contributed by atoms with van der Waals surface area (Å²) in [5.41, 5.74) is 2.63. The molecule has 0 saturated carbocycles. The van der Waals surface area contributed by atoms with Gasteiger partial charge in [0.15, 0.2) is 11.6 Å². The third-order valence-corrected chi connectivity index (χ3v) is 3.28. The van der Waals surface area contributed by atoms with Crippen LogP contribution in [0.4, 0.5) is 11.6 Å². The minimum Gasteiger partial charge on any atom is -0.490 e. The Hall–Kier alpha value is -1.56. The normalized spacial score (nSPS) is 18.2. The van der Waals surface area contributed by atoms with Crippen molar-refractivity contribution >= 4 is 11.6 Å². The molecule has 1 aliphatic heterocycles. The van der Waals surface area contributed by atoms with Gasteiger partial charge in [-0.25, -0.2) is 15.8 Å². The van der Waals surface area contributed by atoms with Crippen molar-refractivity contribution in [3.63, 3.8) is 0 Å². The summed E-state index contributed by atoms with van der Waals surface area (Å²) >= 11 is 0. The van der Waals surface area contributed by atoms with E-state index in [0.717, 1.165) is 25.2 Å². The van der Waals surface area contributed by atoms with Gasteiger partial charge in [-0.3, -0.25) is 0 Å². The van der Waals surface area contributed by atoms with Gasteiger partial charge in [0.2, 0.25) is 5.75 Å². The van der Waals surface area contributed by atoms with Crippen LogP contribution in [-0.2, 0) is 0 Å². The van der Waals surface area contributed by atoms with E-state index >= 15 is 0 Å². The minimum atomic E-state index is 0.0908. The number of anilines is 2. The van der Waals surface area contributed by atoms with Crippen molar-refractivity contribution in [2.45, 2.75) is 32.2 Å². The summed E-state index contributed by atoms with van der Waals surface area (Å²) in [6, 6.07) is 0. The summed E-state index contributed by atoms with van der Waals surface area (Å²) in [6.45, 7) is 5.39. The molecule has 0 aromatic carbocycles. The average molecular weight is 237 g/mol. The molecule has 0 amide bonds. The molecule has 1 fully saturated rings. The number of rotatable bonds is 3. The molecule has 0 unspecified atom stereocenters. The fourth-order valence-electron chi connectivity index (χ4n) is 2.35. The van der Waals surface area contributed by atoms with Crippen LogP contribution >= 0.6 is 0 Å². The highest BCUT2D eigenvalue weighted by Gasteiger charge is 2.35. The van der Waals surface area contributed by atoms with E-state index in [0.29, 0.717) is 11.6 Å². The molecule has 1 aromatic heterocycles. The molecule has 0 aliphatic carbocycles. The van der Waals surface area contributed by atoms with E-state index in [2.05, 4.69) is 34.1 Å². The molecule has 2 heterocycles. The molecule has 1 aliphatic rings. The lowest BCUT2D eigenvalue weighted by Crippen LogP contribution is -2.39. The number of aromatic nitrogens is 2. The lowest BCUT2D eigenvalue weighted by atomic mass is 10.0. The van der Waals surface area contributed by atoms with Gasteiger partial charge in [-0.2, -0.15) is 0 Å². The zero-order chi connectivity index (χ0) is 12.5. The standard InChI is InChI=1S/C11H19N5O/c1-11(2)5-4-6-16(11)10-8(17-3)9(15-12)13-7-14-10/h7H,4-6,12H2,1-3H3,(H,13,14,15). The summed E-state index contributed by atoms with van der Waals surface area (Å²) in [7, 11) is 1.60. The van der Waals surface area contributed by atoms with Crippen LogP contribution in [0.5, 0.6) is 5.75 Å². The largest absolute Gasteiger partial charge is 0.490 e. The van der Waals surface area contributed by atoms with Crippen molar-refractivity contribution < 1.29 is 4.74 Å². The number of nitrogens with zero attached hydrogens (tertiary/aromatic N) is 3. The molecule has 94 valence electrons. The maximum atomic E-state index is 5.42. The number of hydrogen-bond acceptors (Lipinski definition) is 6. The van der Waals surface area contributed by atoms with Gasteiger partial charge >= 0.3 is 0 Å². The SMILES string of the molecule is COc1c(NN)ncnc1N1CCCC1(C)C. The second-order valence-electron chi connectivity index (χ2n) is 4.79. The molecular formula is C11H19N5O. The van der Waals surface area contributed by atoms with Crippen LogP contribution in [0.25, 0.3) is 0 Å². The second kappa shape index (κ2) is 4.37. The Morgan fingerprint density at radius 2 is 2.24 bits per heavy atom. The maximum Gasteiger partial charge on any atom is 0.205 e. The van der Waals surface area contributed by atoms with E-state index < -0.39 is 0 Å². The fraction of sp³-hybridized carbons (Fsp3) is 0.636. The Bertz CT molecular complexity index is 407. The van der Waals surface area contributed by atoms with E-state index in [-0.39, 0.29) is 5.54 Å². The van der Waals surface area contributed by atoms with E-state index in [4.69, 9.17) is 10.6 Å². The van der Waals surface area contributed by atoms with Gasteiger partial charge in [0.05, 0.1) is 7.11 Å². The number of hydrazine groups is 1. The van der Waals surface area contributed by atoms with Crippen molar-refractivity contribution in [2.24, 2.45) is 5.84 Å². The molecular weight excluding hydrogens is 218 g/mol. The molecule has 3 N–H and O–H groups in total. The maximum absolute atomic E-state index is 5.42. The number of nitrogen functional groups attached to an aromatic ring is 1. The van der Waals surface area contributed by atoms with Gasteiger partial charge in [0.1, 0.15) is 6.33 Å². The van der Waals surface area contributed by atoms with E-state index in [1.165, 1.54) is 6.33 Å². The quantitative estimate of drug-likeness (QED) is 0.606. The van der Waals surface area contributed by atoms with Crippen molar-refractivity contribution in [3.05, 3.63) is 6.33 Å². The van der Waals surface area contributed by atoms with Crippen molar-refractivity contribution in [3.8, 4) is 5.75 Å². The number of nitrogens with two attached hydrogens (primary N) is 1. The predicted molar refractivity (Wildman–Crippen MR) is 67.1 cm³/mol. The molecule has 17 heavy (non-hydrogen) atoms. The summed E-state index contributed by atoms with van der Waals surface area (Å²) in [4.78, 5) is 10.6. The third-order valence-electron chi connectivity index (χ3n) is 3.28. The molecule has 1 saturated heterocycles. The lowest BCUT2D eigenvalue weighted by Gasteiger charge is -2.33. The zero-order valence-corrected chi connectivity index (χ0v) is 10.5. The number of hydrogen-bond donors (Lipinski definition) is 2. The second-order valence-corrected chi connectivity index (χ2v) is 4.79. The molecule has 1 aromatic rings. The number of methoxy groups -OCH3 is 1. The molecule has 0 atom stereocenters. The van der Waals surface area contributed by atoms with Gasteiger partial charge in [0, 0.05) is 12.1 Å². The zero-order valence-electron chi connectivity index (χ0n) is 10.5. The van der Waals surface area contributed by atoms with Crippen molar-refractivity contribution in [2.75, 3.05) is 24.0 Å². The van der Waals surface area contributed by atoms with Crippen molar-refractivity contribution in [1.82, 2.24) is 9.97 Å². The smallest absolute Gasteiger partial charge is 0.205 e. The monoisotopic (exact) mass is 237 g/mol. The van der Waals surface area contributed by atoms with Crippen LogP contribution in [0.1, 0.15) is 26.7 Å². The van der Waals surface area contributed by atoms with Crippen LogP contribution in [-0.4, -0.2) is 29.2 Å². The first-order valence-corrected chi connectivity index (χ1v) is 5.73. The van der Waals surface area contributed by atoms with Gasteiger partial charge in [-0.05, 0) is 26.7 Å². The van der Waals surface area contributed by atoms with Crippen LogP contribution in [0.15, 0.2) is 6.33 Å². The summed E-state index contributed by atoms with van der Waals surface area (Å²) in [5.74, 6) is 7.34. The third kappa shape index (κ3) is 2.00. The van der Waals surface area contributed by atoms with Gasteiger partial charge in [-0.15, -0.1) is 0 Å². The van der Waals surface area contributed by atoms with Crippen LogP contribution < -0.4 is 20.9 Å². The highest BCUT2D eigenvalue weighted by molar-refractivity contribution is 5.65. The Morgan fingerprint density at radius 1 is 1.47 bits per heavy atom. The Balaban J connectivity index is 2.44. The molecule has 0 bridgehead atoms. The fourth-order valence-corrected chi connectivity index (χ4v) is 2.35. The predicted octanol–water partition coefficient (Wildman–Crippen LogP) is 1.15. The Morgan fingerprint density at radius 3 is 2.76 bits per heavy atom. The molecule has 6 heteroatoms. The van der Waals surface area contributed by atoms with Gasteiger partial charge in [0.25, 0.3) is 0 Å². The van der Waals surface area contributed by atoms with Gasteiger partial charge in [-0.1, -0.05) is 0 Å². The van der Waals surface area contributed by atoms with Gasteiger partial charge < -0.3 is 15.1 Å². The molecule has 0 spiro atoms. The molecule has 6 nitrogen and oxygen atoms in total. The first kappa shape index (κ1) is 11.9. The van der Waals surface area contributed by atoms with E-state index in [9.17, 15) is 0 Å².